The van der Waals surface area contributed by atoms with Gasteiger partial charge in [0.05, 0.1) is 11.7 Å². The highest BCUT2D eigenvalue weighted by atomic mass is 19.1. The fourth-order valence-corrected chi connectivity index (χ4v) is 2.77. The van der Waals surface area contributed by atoms with Crippen LogP contribution in [0.15, 0.2) is 72.9 Å². The van der Waals surface area contributed by atoms with Gasteiger partial charge in [0.15, 0.2) is 0 Å². The first-order chi connectivity index (χ1) is 13.6. The van der Waals surface area contributed by atoms with E-state index in [1.807, 2.05) is 12.1 Å². The Balaban J connectivity index is 1.48. The minimum absolute atomic E-state index is 0.305. The maximum Gasteiger partial charge on any atom is 0.255 e. The van der Waals surface area contributed by atoms with Gasteiger partial charge in [-0.05, 0) is 60.7 Å². The lowest BCUT2D eigenvalue weighted by atomic mass is 10.1. The molecule has 0 radical (unpaired) electrons. The normalized spacial score (nSPS) is 10.6. The van der Waals surface area contributed by atoms with E-state index in [4.69, 9.17) is 0 Å². The van der Waals surface area contributed by atoms with E-state index in [0.29, 0.717) is 22.5 Å². The van der Waals surface area contributed by atoms with Crippen LogP contribution in [0, 0.1) is 5.82 Å². The lowest BCUT2D eigenvalue weighted by Crippen LogP contribution is -2.14. The fourth-order valence-electron chi connectivity index (χ4n) is 2.77. The van der Waals surface area contributed by atoms with E-state index in [2.05, 4.69) is 20.8 Å². The molecule has 0 atom stereocenters. The van der Waals surface area contributed by atoms with Crippen molar-refractivity contribution in [1.29, 1.82) is 0 Å². The first-order valence-corrected chi connectivity index (χ1v) is 8.50. The maximum absolute atomic E-state index is 13.0. The van der Waals surface area contributed by atoms with Gasteiger partial charge in [0.2, 0.25) is 0 Å². The molecule has 0 bridgehead atoms. The Morgan fingerprint density at radius 3 is 2.32 bits per heavy atom. The van der Waals surface area contributed by atoms with Crippen molar-refractivity contribution >= 4 is 34.1 Å². The molecule has 0 unspecified atom stereocenters. The summed E-state index contributed by atoms with van der Waals surface area (Å²) in [5.74, 6) is -1.10. The highest BCUT2D eigenvalue weighted by Crippen LogP contribution is 2.19. The molecular formula is C21H15FN4O2. The van der Waals surface area contributed by atoms with E-state index < -0.39 is 5.82 Å². The number of hydrogen-bond donors (Lipinski definition) is 3. The second-order valence-corrected chi connectivity index (χ2v) is 6.17. The molecule has 0 aliphatic heterocycles. The lowest BCUT2D eigenvalue weighted by Gasteiger charge is -2.09. The van der Waals surface area contributed by atoms with Gasteiger partial charge >= 0.3 is 0 Å². The number of carbonyl (C=O) groups is 2. The smallest absolute Gasteiger partial charge is 0.255 e. The Hall–Kier alpha value is -4.00. The van der Waals surface area contributed by atoms with Crippen LogP contribution in [0.1, 0.15) is 20.7 Å². The molecule has 0 spiro atoms. The average Bonchev–Trinajstić information content (AvgIpc) is 3.16. The SMILES string of the molecule is O=C(Nc1cccc(C(=O)Nc2ccc3[nH]ncc3c2)c1)c1ccc(F)cc1. The number of amides is 2. The van der Waals surface area contributed by atoms with Gasteiger partial charge in [-0.25, -0.2) is 4.39 Å². The largest absolute Gasteiger partial charge is 0.322 e. The van der Waals surface area contributed by atoms with Crippen LogP contribution in [0.2, 0.25) is 0 Å². The molecule has 7 heteroatoms. The van der Waals surface area contributed by atoms with Crippen molar-refractivity contribution in [2.24, 2.45) is 0 Å². The number of benzene rings is 3. The molecule has 6 nitrogen and oxygen atoms in total. The third kappa shape index (κ3) is 3.73. The molecule has 1 heterocycles. The Bertz CT molecular complexity index is 1170. The van der Waals surface area contributed by atoms with E-state index in [1.54, 1.807) is 36.5 Å². The van der Waals surface area contributed by atoms with Crippen LogP contribution in [0.5, 0.6) is 0 Å². The second-order valence-electron chi connectivity index (χ2n) is 6.17. The molecule has 2 amide bonds. The number of halogens is 1. The maximum atomic E-state index is 13.0. The van der Waals surface area contributed by atoms with Crippen LogP contribution in [0.25, 0.3) is 10.9 Å². The second kappa shape index (κ2) is 7.32. The van der Waals surface area contributed by atoms with Crippen molar-refractivity contribution in [2.45, 2.75) is 0 Å². The summed E-state index contributed by atoms with van der Waals surface area (Å²) in [5.41, 5.74) is 2.70. The molecular weight excluding hydrogens is 359 g/mol. The van der Waals surface area contributed by atoms with Crippen LogP contribution in [-0.2, 0) is 0 Å². The first kappa shape index (κ1) is 17.4. The summed E-state index contributed by atoms with van der Waals surface area (Å²) in [7, 11) is 0. The van der Waals surface area contributed by atoms with Gasteiger partial charge < -0.3 is 10.6 Å². The van der Waals surface area contributed by atoms with Crippen molar-refractivity contribution in [2.75, 3.05) is 10.6 Å². The van der Waals surface area contributed by atoms with E-state index in [0.717, 1.165) is 10.9 Å². The number of nitrogens with one attached hydrogen (secondary N) is 3. The predicted molar refractivity (Wildman–Crippen MR) is 105 cm³/mol. The summed E-state index contributed by atoms with van der Waals surface area (Å²) >= 11 is 0. The molecule has 0 saturated heterocycles. The minimum Gasteiger partial charge on any atom is -0.322 e. The number of aromatic nitrogens is 2. The molecule has 3 N–H and O–H groups in total. The Morgan fingerprint density at radius 2 is 1.54 bits per heavy atom. The first-order valence-electron chi connectivity index (χ1n) is 8.50. The molecule has 1 aromatic heterocycles. The minimum atomic E-state index is -0.413. The van der Waals surface area contributed by atoms with Crippen molar-refractivity contribution in [1.82, 2.24) is 10.2 Å². The molecule has 3 aromatic carbocycles. The van der Waals surface area contributed by atoms with Gasteiger partial charge in [0.25, 0.3) is 11.8 Å². The molecule has 4 aromatic rings. The number of carbonyl (C=O) groups excluding carboxylic acids is 2. The number of rotatable bonds is 4. The Morgan fingerprint density at radius 1 is 0.821 bits per heavy atom. The van der Waals surface area contributed by atoms with Crippen LogP contribution >= 0.6 is 0 Å². The summed E-state index contributed by atoms with van der Waals surface area (Å²) in [4.78, 5) is 24.8. The highest BCUT2D eigenvalue weighted by Gasteiger charge is 2.10. The Labute approximate surface area is 159 Å². The molecule has 0 aliphatic rings. The van der Waals surface area contributed by atoms with Crippen LogP contribution in [-0.4, -0.2) is 22.0 Å². The van der Waals surface area contributed by atoms with Gasteiger partial charge in [0, 0.05) is 27.9 Å². The summed E-state index contributed by atoms with van der Waals surface area (Å²) in [6.45, 7) is 0. The molecule has 4 rings (SSSR count). The molecule has 138 valence electrons. The van der Waals surface area contributed by atoms with E-state index in [9.17, 15) is 14.0 Å². The van der Waals surface area contributed by atoms with Crippen molar-refractivity contribution in [3.8, 4) is 0 Å². The average molecular weight is 374 g/mol. The standard InChI is InChI=1S/C21H15FN4O2/c22-16-6-4-13(5-7-16)20(27)24-17-3-1-2-14(10-17)21(28)25-18-8-9-19-15(11-18)12-23-26-19/h1-12H,(H,23,26)(H,24,27)(H,25,28). The summed E-state index contributed by atoms with van der Waals surface area (Å²) in [6, 6.07) is 17.2. The zero-order chi connectivity index (χ0) is 19.5. The lowest BCUT2D eigenvalue weighted by molar-refractivity contribution is 0.101. The Kier molecular flexibility index (Phi) is 4.55. The monoisotopic (exact) mass is 374 g/mol. The van der Waals surface area contributed by atoms with Crippen LogP contribution in [0.4, 0.5) is 15.8 Å². The van der Waals surface area contributed by atoms with Crippen LogP contribution in [0.3, 0.4) is 0 Å². The fraction of sp³-hybridized carbons (Fsp3) is 0. The van der Waals surface area contributed by atoms with Crippen molar-refractivity contribution in [3.05, 3.63) is 89.9 Å². The summed E-state index contributed by atoms with van der Waals surface area (Å²) in [6.07, 6.45) is 1.68. The van der Waals surface area contributed by atoms with Gasteiger partial charge in [-0.3, -0.25) is 14.7 Å². The summed E-state index contributed by atoms with van der Waals surface area (Å²) < 4.78 is 13.0. The zero-order valence-corrected chi connectivity index (χ0v) is 14.6. The van der Waals surface area contributed by atoms with Crippen LogP contribution < -0.4 is 10.6 Å². The van der Waals surface area contributed by atoms with E-state index in [1.165, 1.54) is 24.3 Å². The number of anilines is 2. The number of fused-ring (bicyclic) bond motifs is 1. The zero-order valence-electron chi connectivity index (χ0n) is 14.6. The van der Waals surface area contributed by atoms with Crippen molar-refractivity contribution < 1.29 is 14.0 Å². The van der Waals surface area contributed by atoms with Gasteiger partial charge in [-0.2, -0.15) is 5.10 Å². The number of aromatic amines is 1. The molecule has 28 heavy (non-hydrogen) atoms. The predicted octanol–water partition coefficient (Wildman–Crippen LogP) is 4.21. The summed E-state index contributed by atoms with van der Waals surface area (Å²) in [5, 5.41) is 13.2. The third-order valence-corrected chi connectivity index (χ3v) is 4.19. The number of H-pyrrole nitrogens is 1. The number of hydrogen-bond acceptors (Lipinski definition) is 3. The quantitative estimate of drug-likeness (QED) is 0.500. The van der Waals surface area contributed by atoms with Gasteiger partial charge in [0.1, 0.15) is 5.82 Å². The van der Waals surface area contributed by atoms with Gasteiger partial charge in [-0.1, -0.05) is 6.07 Å². The number of nitrogens with zero attached hydrogens (tertiary/aromatic N) is 1. The molecule has 0 aliphatic carbocycles. The third-order valence-electron chi connectivity index (χ3n) is 4.19. The van der Waals surface area contributed by atoms with Crippen molar-refractivity contribution in [3.63, 3.8) is 0 Å². The van der Waals surface area contributed by atoms with E-state index in [-0.39, 0.29) is 11.8 Å². The molecule has 0 saturated carbocycles. The van der Waals surface area contributed by atoms with E-state index >= 15 is 0 Å². The topological polar surface area (TPSA) is 86.9 Å². The highest BCUT2D eigenvalue weighted by molar-refractivity contribution is 6.07. The molecule has 0 fully saturated rings. The van der Waals surface area contributed by atoms with Gasteiger partial charge in [-0.15, -0.1) is 0 Å².